The molecule has 1 amide bonds. The van der Waals surface area contributed by atoms with Crippen molar-refractivity contribution in [3.63, 3.8) is 0 Å². The number of alkyl halides is 2. The van der Waals surface area contributed by atoms with Crippen LogP contribution in [0.5, 0.6) is 5.75 Å². The molecule has 4 heterocycles. The standard InChI is InChI=1S/C27H23F2N6O2/c1-34-20-11-19(22-16(24(34)36)4-2-5-21(22)37-26(28)29)35-18-10-14(6-7-17(18)33-23(20)35)15-12-31-25(32-13-15)27(30)8-3-9-27/h2,4-7,10,12-13,19-20,26H,1,3,8-9,11,30H2/q+1/t19?,20-/m0/s1. The summed E-state index contributed by atoms with van der Waals surface area (Å²) in [5.41, 5.74) is 9.94. The lowest BCUT2D eigenvalue weighted by Gasteiger charge is -2.36. The van der Waals surface area contributed by atoms with Crippen LogP contribution in [0.25, 0.3) is 22.2 Å². The number of carbonyl (C=O) groups excluding carboxylic acids is 1. The molecule has 0 spiro atoms. The summed E-state index contributed by atoms with van der Waals surface area (Å²) < 4.78 is 34.9. The molecule has 37 heavy (non-hydrogen) atoms. The molecule has 1 unspecified atom stereocenters. The number of imidazole rings is 1. The second-order valence-electron chi connectivity index (χ2n) is 9.99. The number of nitrogens with zero attached hydrogens (tertiary/aromatic N) is 5. The van der Waals surface area contributed by atoms with E-state index in [4.69, 9.17) is 15.5 Å². The Hall–Kier alpha value is -4.05. The fourth-order valence-electron chi connectivity index (χ4n) is 5.87. The summed E-state index contributed by atoms with van der Waals surface area (Å²) in [6.07, 6.45) is 6.87. The summed E-state index contributed by atoms with van der Waals surface area (Å²) in [7, 11) is 0. The maximum absolute atomic E-state index is 13.3. The van der Waals surface area contributed by atoms with Crippen molar-refractivity contribution in [2.45, 2.75) is 49.9 Å². The molecular formula is C27H23F2N6O2+. The van der Waals surface area contributed by atoms with Gasteiger partial charge in [-0.25, -0.2) is 19.7 Å². The first-order chi connectivity index (χ1) is 17.8. The van der Waals surface area contributed by atoms with Crippen molar-refractivity contribution in [2.75, 3.05) is 0 Å². The smallest absolute Gasteiger partial charge is 0.420 e. The number of hydrogen-bond acceptors (Lipinski definition) is 6. The predicted octanol–water partition coefficient (Wildman–Crippen LogP) is 4.33. The average molecular weight is 502 g/mol. The van der Waals surface area contributed by atoms with Gasteiger partial charge in [0.05, 0.1) is 28.2 Å². The number of ether oxygens (including phenoxy) is 1. The quantitative estimate of drug-likeness (QED) is 0.418. The van der Waals surface area contributed by atoms with Gasteiger partial charge in [0.25, 0.3) is 0 Å². The van der Waals surface area contributed by atoms with Crippen molar-refractivity contribution in [1.82, 2.24) is 19.5 Å². The first-order valence-corrected chi connectivity index (χ1v) is 12.2. The lowest BCUT2D eigenvalue weighted by molar-refractivity contribution is -0.469. The van der Waals surface area contributed by atoms with E-state index in [1.807, 2.05) is 22.8 Å². The number of aromatic nitrogens is 4. The minimum atomic E-state index is -3.01. The topological polar surface area (TPSA) is 98.9 Å². The minimum absolute atomic E-state index is 0.0125. The van der Waals surface area contributed by atoms with Gasteiger partial charge in [-0.05, 0) is 49.1 Å². The van der Waals surface area contributed by atoms with E-state index in [1.165, 1.54) is 10.6 Å². The van der Waals surface area contributed by atoms with Crippen molar-refractivity contribution in [1.29, 1.82) is 0 Å². The van der Waals surface area contributed by atoms with E-state index in [0.717, 1.165) is 41.4 Å². The molecule has 7 rings (SSSR count). The first kappa shape index (κ1) is 22.2. The molecule has 0 radical (unpaired) electrons. The predicted molar refractivity (Wildman–Crippen MR) is 131 cm³/mol. The van der Waals surface area contributed by atoms with Crippen LogP contribution in [0.3, 0.4) is 0 Å². The van der Waals surface area contributed by atoms with Gasteiger partial charge in [0.15, 0.2) is 5.82 Å². The average Bonchev–Trinajstić information content (AvgIpc) is 3.40. The summed E-state index contributed by atoms with van der Waals surface area (Å²) >= 11 is 0. The minimum Gasteiger partial charge on any atom is -0.434 e. The van der Waals surface area contributed by atoms with Crippen LogP contribution in [0.1, 0.15) is 65.3 Å². The Balaban J connectivity index is 1.37. The molecule has 186 valence electrons. The molecule has 0 saturated heterocycles. The molecule has 2 aliphatic heterocycles. The van der Waals surface area contributed by atoms with E-state index >= 15 is 0 Å². The number of amides is 1. The highest BCUT2D eigenvalue weighted by molar-refractivity contribution is 5.93. The highest BCUT2D eigenvalue weighted by Gasteiger charge is 2.49. The van der Waals surface area contributed by atoms with Gasteiger partial charge in [0, 0.05) is 29.9 Å². The SMILES string of the molecule is C=[N+]1C(=O)c2cccc(OC(F)F)c2C2C[C@H]1c1nc3ccc(-c4cnc(C5(N)CCC5)nc4)cc3n12. The molecule has 1 fully saturated rings. The molecular weight excluding hydrogens is 478 g/mol. The van der Waals surface area contributed by atoms with Gasteiger partial charge < -0.3 is 15.0 Å². The number of carbonyl (C=O) groups is 1. The van der Waals surface area contributed by atoms with Gasteiger partial charge in [-0.2, -0.15) is 13.4 Å². The zero-order chi connectivity index (χ0) is 25.5. The fraction of sp³-hybridized carbons (Fsp3) is 0.296. The van der Waals surface area contributed by atoms with Crippen LogP contribution in [-0.4, -0.2) is 43.3 Å². The zero-order valence-corrected chi connectivity index (χ0v) is 19.8. The molecule has 2 aromatic carbocycles. The number of hydrogen-bond donors (Lipinski definition) is 1. The Labute approximate surface area is 210 Å². The molecule has 3 aliphatic rings. The summed E-state index contributed by atoms with van der Waals surface area (Å²) in [6.45, 7) is 0.981. The van der Waals surface area contributed by atoms with E-state index in [0.29, 0.717) is 29.2 Å². The van der Waals surface area contributed by atoms with E-state index < -0.39 is 24.2 Å². The van der Waals surface area contributed by atoms with Crippen molar-refractivity contribution in [3.05, 3.63) is 71.6 Å². The second kappa shape index (κ2) is 7.72. The van der Waals surface area contributed by atoms with E-state index in [-0.39, 0.29) is 11.7 Å². The third-order valence-corrected chi connectivity index (χ3v) is 7.93. The maximum atomic E-state index is 13.3. The zero-order valence-electron chi connectivity index (χ0n) is 19.8. The molecule has 2 atom stereocenters. The van der Waals surface area contributed by atoms with Crippen molar-refractivity contribution >= 4 is 23.7 Å². The number of rotatable bonds is 4. The first-order valence-electron chi connectivity index (χ1n) is 12.2. The lowest BCUT2D eigenvalue weighted by atomic mass is 9.77. The van der Waals surface area contributed by atoms with Crippen molar-refractivity contribution in [2.24, 2.45) is 5.73 Å². The van der Waals surface area contributed by atoms with Crippen LogP contribution in [0.15, 0.2) is 48.8 Å². The van der Waals surface area contributed by atoms with E-state index in [1.54, 1.807) is 24.5 Å². The third-order valence-electron chi connectivity index (χ3n) is 7.93. The second-order valence-corrected chi connectivity index (χ2v) is 9.99. The fourth-order valence-corrected chi connectivity index (χ4v) is 5.87. The Morgan fingerprint density at radius 3 is 2.65 bits per heavy atom. The summed E-state index contributed by atoms with van der Waals surface area (Å²) in [5.74, 6) is 0.964. The number of fused-ring (bicyclic) bond motifs is 9. The third kappa shape index (κ3) is 3.18. The number of halogens is 2. The summed E-state index contributed by atoms with van der Waals surface area (Å²) in [4.78, 5) is 27.1. The largest absolute Gasteiger partial charge is 0.434 e. The number of nitrogens with two attached hydrogens (primary N) is 1. The Morgan fingerprint density at radius 2 is 1.95 bits per heavy atom. The van der Waals surface area contributed by atoms with Gasteiger partial charge in [0.2, 0.25) is 6.04 Å². The highest BCUT2D eigenvalue weighted by Crippen LogP contribution is 2.49. The van der Waals surface area contributed by atoms with Gasteiger partial charge in [-0.3, -0.25) is 0 Å². The Morgan fingerprint density at radius 1 is 1.16 bits per heavy atom. The Kier molecular flexibility index (Phi) is 4.63. The monoisotopic (exact) mass is 501 g/mol. The van der Waals surface area contributed by atoms with Crippen LogP contribution >= 0.6 is 0 Å². The van der Waals surface area contributed by atoms with Crippen LogP contribution < -0.4 is 10.5 Å². The molecule has 2 aromatic heterocycles. The summed E-state index contributed by atoms with van der Waals surface area (Å²) in [6, 6.07) is 9.68. The number of benzene rings is 2. The molecule has 2 N–H and O–H groups in total. The molecule has 10 heteroatoms. The van der Waals surface area contributed by atoms with Gasteiger partial charge >= 0.3 is 12.5 Å². The van der Waals surface area contributed by atoms with Crippen molar-refractivity contribution in [3.8, 4) is 16.9 Å². The van der Waals surface area contributed by atoms with Crippen LogP contribution in [0.2, 0.25) is 0 Å². The van der Waals surface area contributed by atoms with Crippen LogP contribution in [0, 0.1) is 0 Å². The van der Waals surface area contributed by atoms with Crippen molar-refractivity contribution < 1.29 is 22.9 Å². The van der Waals surface area contributed by atoms with Gasteiger partial charge in [0.1, 0.15) is 18.3 Å². The maximum Gasteiger partial charge on any atom is 0.420 e. The molecule has 8 nitrogen and oxygen atoms in total. The Bertz CT molecular complexity index is 1610. The molecule has 2 bridgehead atoms. The van der Waals surface area contributed by atoms with Crippen LogP contribution in [-0.2, 0) is 5.54 Å². The van der Waals surface area contributed by atoms with Crippen LogP contribution in [0.4, 0.5) is 8.78 Å². The van der Waals surface area contributed by atoms with Gasteiger partial charge in [-0.15, -0.1) is 0 Å². The molecule has 1 aliphatic carbocycles. The van der Waals surface area contributed by atoms with E-state index in [9.17, 15) is 13.6 Å². The van der Waals surface area contributed by atoms with E-state index in [2.05, 4.69) is 16.7 Å². The van der Waals surface area contributed by atoms with Gasteiger partial charge in [-0.1, -0.05) is 12.1 Å². The normalized spacial score (nSPS) is 21.5. The summed E-state index contributed by atoms with van der Waals surface area (Å²) in [5, 5.41) is 0. The molecule has 4 aromatic rings. The highest BCUT2D eigenvalue weighted by atomic mass is 19.3. The molecule has 1 saturated carbocycles. The lowest BCUT2D eigenvalue weighted by Crippen LogP contribution is -2.44.